The average Bonchev–Trinajstić information content (AvgIpc) is 2.43. The van der Waals surface area contributed by atoms with Gasteiger partial charge in [-0.25, -0.2) is 9.97 Å². The van der Waals surface area contributed by atoms with E-state index in [1.165, 1.54) is 12.5 Å². The zero-order valence-corrected chi connectivity index (χ0v) is 10.8. The van der Waals surface area contributed by atoms with Gasteiger partial charge in [-0.05, 0) is 37.5 Å². The molecule has 3 rings (SSSR count). The van der Waals surface area contributed by atoms with E-state index in [1.54, 1.807) is 30.6 Å². The highest BCUT2D eigenvalue weighted by atomic mass is 16.6. The SMILES string of the molecule is O=[N+]([O-])c1ccc(-c2ncccn2)cc1NC1CCC1. The van der Waals surface area contributed by atoms with Crippen LogP contribution in [0.25, 0.3) is 11.4 Å². The lowest BCUT2D eigenvalue weighted by Gasteiger charge is -2.27. The van der Waals surface area contributed by atoms with Gasteiger partial charge in [-0.3, -0.25) is 10.1 Å². The summed E-state index contributed by atoms with van der Waals surface area (Å²) in [5.74, 6) is 0.569. The summed E-state index contributed by atoms with van der Waals surface area (Å²) >= 11 is 0. The van der Waals surface area contributed by atoms with E-state index in [1.807, 2.05) is 0 Å². The highest BCUT2D eigenvalue weighted by Gasteiger charge is 2.22. The molecule has 1 saturated carbocycles. The van der Waals surface area contributed by atoms with Gasteiger partial charge in [0.05, 0.1) is 4.92 Å². The second kappa shape index (κ2) is 5.24. The molecule has 0 amide bonds. The molecule has 0 spiro atoms. The third-order valence-electron chi connectivity index (χ3n) is 3.48. The summed E-state index contributed by atoms with van der Waals surface area (Å²) in [6.07, 6.45) is 6.60. The fraction of sp³-hybridized carbons (Fsp3) is 0.286. The van der Waals surface area contributed by atoms with Crippen LogP contribution in [0, 0.1) is 10.1 Å². The summed E-state index contributed by atoms with van der Waals surface area (Å²) in [5.41, 5.74) is 1.42. The third-order valence-corrected chi connectivity index (χ3v) is 3.48. The number of rotatable bonds is 4. The molecule has 1 aliphatic rings. The Morgan fingerprint density at radius 2 is 2.00 bits per heavy atom. The smallest absolute Gasteiger partial charge is 0.292 e. The highest BCUT2D eigenvalue weighted by Crippen LogP contribution is 2.32. The quantitative estimate of drug-likeness (QED) is 0.682. The maximum absolute atomic E-state index is 11.1. The molecule has 0 saturated heterocycles. The van der Waals surface area contributed by atoms with Gasteiger partial charge in [-0.2, -0.15) is 0 Å². The van der Waals surface area contributed by atoms with Crippen LogP contribution in [0.2, 0.25) is 0 Å². The minimum Gasteiger partial charge on any atom is -0.377 e. The van der Waals surface area contributed by atoms with Gasteiger partial charge in [-0.15, -0.1) is 0 Å². The summed E-state index contributed by atoms with van der Waals surface area (Å²) in [4.78, 5) is 19.1. The Kier molecular flexibility index (Phi) is 3.28. The highest BCUT2D eigenvalue weighted by molar-refractivity contribution is 5.71. The number of nitrogens with zero attached hydrogens (tertiary/aromatic N) is 3. The Labute approximate surface area is 116 Å². The Hall–Kier alpha value is -2.50. The van der Waals surface area contributed by atoms with Gasteiger partial charge in [-0.1, -0.05) is 0 Å². The number of benzene rings is 1. The molecular weight excluding hydrogens is 256 g/mol. The van der Waals surface area contributed by atoms with Gasteiger partial charge < -0.3 is 5.32 Å². The van der Waals surface area contributed by atoms with Crippen LogP contribution in [0.3, 0.4) is 0 Å². The number of nitrogens with one attached hydrogen (secondary N) is 1. The molecular formula is C14H14N4O2. The minimum absolute atomic E-state index is 0.0941. The molecule has 20 heavy (non-hydrogen) atoms. The van der Waals surface area contributed by atoms with Crippen LogP contribution >= 0.6 is 0 Å². The molecule has 1 aromatic carbocycles. The second-order valence-electron chi connectivity index (χ2n) is 4.83. The van der Waals surface area contributed by atoms with Crippen molar-refractivity contribution in [2.75, 3.05) is 5.32 Å². The van der Waals surface area contributed by atoms with E-state index in [0.717, 1.165) is 18.4 Å². The molecule has 2 aromatic rings. The third kappa shape index (κ3) is 2.45. The number of aromatic nitrogens is 2. The van der Waals surface area contributed by atoms with E-state index in [0.29, 0.717) is 17.6 Å². The summed E-state index contributed by atoms with van der Waals surface area (Å²) in [6.45, 7) is 0. The molecule has 0 unspecified atom stereocenters. The first-order chi connectivity index (χ1) is 9.74. The largest absolute Gasteiger partial charge is 0.377 e. The van der Waals surface area contributed by atoms with E-state index >= 15 is 0 Å². The topological polar surface area (TPSA) is 81.0 Å². The van der Waals surface area contributed by atoms with Crippen LogP contribution in [0.15, 0.2) is 36.7 Å². The van der Waals surface area contributed by atoms with Crippen molar-refractivity contribution in [1.82, 2.24) is 9.97 Å². The second-order valence-corrected chi connectivity index (χ2v) is 4.83. The average molecular weight is 270 g/mol. The zero-order chi connectivity index (χ0) is 13.9. The van der Waals surface area contributed by atoms with E-state index < -0.39 is 0 Å². The molecule has 1 fully saturated rings. The summed E-state index contributed by atoms with van der Waals surface area (Å²) < 4.78 is 0. The molecule has 1 N–H and O–H groups in total. The molecule has 0 atom stereocenters. The number of nitro benzene ring substituents is 1. The van der Waals surface area contributed by atoms with Crippen molar-refractivity contribution in [2.45, 2.75) is 25.3 Å². The minimum atomic E-state index is -0.364. The van der Waals surface area contributed by atoms with Crippen molar-refractivity contribution in [2.24, 2.45) is 0 Å². The molecule has 0 bridgehead atoms. The molecule has 0 aliphatic heterocycles. The predicted octanol–water partition coefficient (Wildman–Crippen LogP) is 3.02. The zero-order valence-electron chi connectivity index (χ0n) is 10.8. The summed E-state index contributed by atoms with van der Waals surface area (Å²) in [7, 11) is 0. The van der Waals surface area contributed by atoms with Gasteiger partial charge in [0, 0.05) is 30.1 Å². The predicted molar refractivity (Wildman–Crippen MR) is 75.4 cm³/mol. The van der Waals surface area contributed by atoms with Gasteiger partial charge in [0.1, 0.15) is 5.69 Å². The monoisotopic (exact) mass is 270 g/mol. The molecule has 0 radical (unpaired) electrons. The molecule has 1 heterocycles. The van der Waals surface area contributed by atoms with Crippen molar-refractivity contribution in [3.05, 3.63) is 46.8 Å². The van der Waals surface area contributed by atoms with Gasteiger partial charge in [0.25, 0.3) is 5.69 Å². The first kappa shape index (κ1) is 12.5. The Bertz CT molecular complexity index is 626. The summed E-state index contributed by atoms with van der Waals surface area (Å²) in [6, 6.07) is 7.01. The van der Waals surface area contributed by atoms with Crippen molar-refractivity contribution < 1.29 is 4.92 Å². The standard InChI is InChI=1S/C14H14N4O2/c19-18(20)13-6-5-10(14-15-7-2-8-16-14)9-12(13)17-11-3-1-4-11/h2,5-9,11,17H,1,3-4H2. The lowest BCUT2D eigenvalue weighted by atomic mass is 9.93. The fourth-order valence-corrected chi connectivity index (χ4v) is 2.17. The molecule has 1 aromatic heterocycles. The number of anilines is 1. The molecule has 1 aliphatic carbocycles. The van der Waals surface area contributed by atoms with Gasteiger partial charge in [0.2, 0.25) is 0 Å². The lowest BCUT2D eigenvalue weighted by Crippen LogP contribution is -2.27. The first-order valence-corrected chi connectivity index (χ1v) is 6.56. The Morgan fingerprint density at radius 1 is 1.25 bits per heavy atom. The van der Waals surface area contributed by atoms with Crippen molar-refractivity contribution >= 4 is 11.4 Å². The maximum atomic E-state index is 11.1. The Morgan fingerprint density at radius 3 is 2.60 bits per heavy atom. The van der Waals surface area contributed by atoms with Gasteiger partial charge in [0.15, 0.2) is 5.82 Å². The normalized spacial score (nSPS) is 14.6. The molecule has 102 valence electrons. The molecule has 6 heteroatoms. The van der Waals surface area contributed by atoms with E-state index in [2.05, 4.69) is 15.3 Å². The van der Waals surface area contributed by atoms with Crippen LogP contribution in [0.4, 0.5) is 11.4 Å². The Balaban J connectivity index is 1.97. The van der Waals surface area contributed by atoms with E-state index in [-0.39, 0.29) is 10.6 Å². The van der Waals surface area contributed by atoms with Crippen molar-refractivity contribution in [3.63, 3.8) is 0 Å². The van der Waals surface area contributed by atoms with Crippen molar-refractivity contribution in [3.8, 4) is 11.4 Å². The summed E-state index contributed by atoms with van der Waals surface area (Å²) in [5, 5.41) is 14.3. The van der Waals surface area contributed by atoms with Crippen LogP contribution in [-0.4, -0.2) is 20.9 Å². The first-order valence-electron chi connectivity index (χ1n) is 6.56. The fourth-order valence-electron chi connectivity index (χ4n) is 2.17. The van der Waals surface area contributed by atoms with E-state index in [9.17, 15) is 10.1 Å². The number of nitro groups is 1. The maximum Gasteiger partial charge on any atom is 0.292 e. The van der Waals surface area contributed by atoms with Crippen LogP contribution in [0.1, 0.15) is 19.3 Å². The van der Waals surface area contributed by atoms with Gasteiger partial charge >= 0.3 is 0 Å². The van der Waals surface area contributed by atoms with Crippen LogP contribution < -0.4 is 5.32 Å². The van der Waals surface area contributed by atoms with E-state index in [4.69, 9.17) is 0 Å². The van der Waals surface area contributed by atoms with Crippen LogP contribution in [-0.2, 0) is 0 Å². The molecule has 6 nitrogen and oxygen atoms in total. The van der Waals surface area contributed by atoms with Crippen LogP contribution in [0.5, 0.6) is 0 Å². The lowest BCUT2D eigenvalue weighted by molar-refractivity contribution is -0.384. The van der Waals surface area contributed by atoms with Crippen molar-refractivity contribution in [1.29, 1.82) is 0 Å². The number of hydrogen-bond acceptors (Lipinski definition) is 5. The number of hydrogen-bond donors (Lipinski definition) is 1.